The summed E-state index contributed by atoms with van der Waals surface area (Å²) in [5.41, 5.74) is 6.39. The van der Waals surface area contributed by atoms with Crippen molar-refractivity contribution in [2.45, 2.75) is 57.7 Å². The molecular weight excluding hydrogens is 418 g/mol. The normalized spacial score (nSPS) is 14.0. The van der Waals surface area contributed by atoms with Gasteiger partial charge in [-0.05, 0) is 36.3 Å². The molecule has 2 rings (SSSR count). The largest absolute Gasteiger partial charge is 0.467 e. The first-order valence-electron chi connectivity index (χ1n) is 11.7. The molecule has 0 unspecified atom stereocenters. The Kier molecular flexibility index (Phi) is 9.44. The van der Waals surface area contributed by atoms with Crippen LogP contribution in [0.25, 0.3) is 0 Å². The molecule has 0 aliphatic rings. The number of nitrogens with two attached hydrogens (primary N) is 1. The quantitative estimate of drug-likeness (QED) is 0.337. The number of esters is 1. The van der Waals surface area contributed by atoms with Gasteiger partial charge in [-0.3, -0.25) is 9.59 Å². The fraction of sp³-hybridized carbons (Fsp3) is 0.423. The van der Waals surface area contributed by atoms with Crippen molar-refractivity contribution >= 4 is 17.8 Å². The maximum atomic E-state index is 13.3. The van der Waals surface area contributed by atoms with Crippen LogP contribution in [0.5, 0.6) is 0 Å². The van der Waals surface area contributed by atoms with Gasteiger partial charge in [-0.1, -0.05) is 74.5 Å². The van der Waals surface area contributed by atoms with Crippen LogP contribution in [0, 0.1) is 5.92 Å². The van der Waals surface area contributed by atoms with E-state index in [4.69, 9.17) is 11.9 Å². The summed E-state index contributed by atoms with van der Waals surface area (Å²) in [6.07, 6.45) is 1.53. The zero-order chi connectivity index (χ0) is 25.1. The topological polar surface area (TPSA) is 111 Å². The number of ether oxygens (including phenoxy) is 1. The van der Waals surface area contributed by atoms with Crippen LogP contribution in [0.2, 0.25) is 1.41 Å². The van der Waals surface area contributed by atoms with E-state index < -0.39 is 29.5 Å². The van der Waals surface area contributed by atoms with Gasteiger partial charge < -0.3 is 21.1 Å². The van der Waals surface area contributed by atoms with Crippen LogP contribution >= 0.6 is 0 Å². The van der Waals surface area contributed by atoms with E-state index in [9.17, 15) is 14.4 Å². The lowest BCUT2D eigenvalue weighted by Gasteiger charge is -2.32. The number of hydrogen-bond donors (Lipinski definition) is 3. The molecule has 7 nitrogen and oxygen atoms in total. The highest BCUT2D eigenvalue weighted by molar-refractivity contribution is 5.93. The molecule has 2 aromatic carbocycles. The Labute approximate surface area is 197 Å². The number of amides is 2. The number of aryl methyl sites for hydroxylation is 1. The monoisotopic (exact) mass is 454 g/mol. The summed E-state index contributed by atoms with van der Waals surface area (Å²) in [5, 5.41) is 3.20. The van der Waals surface area contributed by atoms with E-state index in [-0.39, 0.29) is 25.2 Å². The van der Waals surface area contributed by atoms with Crippen LogP contribution in [0.3, 0.4) is 0 Å². The maximum Gasteiger partial charge on any atom is 0.328 e. The van der Waals surface area contributed by atoms with Gasteiger partial charge in [-0.25, -0.2) is 4.79 Å². The Morgan fingerprint density at radius 3 is 2.15 bits per heavy atom. The van der Waals surface area contributed by atoms with Crippen LogP contribution in [-0.4, -0.2) is 36.6 Å². The molecule has 0 bridgehead atoms. The van der Waals surface area contributed by atoms with E-state index in [1.807, 2.05) is 74.5 Å². The molecule has 0 saturated carbocycles. The number of hydrogen-bond acceptors (Lipinski definition) is 5. The minimum absolute atomic E-state index is 0.0615. The van der Waals surface area contributed by atoms with Crippen molar-refractivity contribution in [3.05, 3.63) is 71.8 Å². The molecule has 2 amide bonds. The zero-order valence-corrected chi connectivity index (χ0v) is 19.6. The first-order chi connectivity index (χ1) is 16.2. The van der Waals surface area contributed by atoms with Crippen molar-refractivity contribution in [2.75, 3.05) is 7.11 Å². The van der Waals surface area contributed by atoms with Gasteiger partial charge in [-0.15, -0.1) is 0 Å². The summed E-state index contributed by atoms with van der Waals surface area (Å²) < 4.78 is 13.3. The van der Waals surface area contributed by atoms with Gasteiger partial charge in [-0.2, -0.15) is 0 Å². The van der Waals surface area contributed by atoms with Gasteiger partial charge in [0.2, 0.25) is 5.91 Å². The summed E-state index contributed by atoms with van der Waals surface area (Å²) in [7, 11) is 1.24. The molecule has 0 radical (unpaired) electrons. The minimum atomic E-state index is -1.93. The van der Waals surface area contributed by atoms with Crippen molar-refractivity contribution in [1.29, 1.82) is 0 Å². The number of rotatable bonds is 12. The molecule has 0 heterocycles. The second-order valence-electron chi connectivity index (χ2n) is 8.61. The van der Waals surface area contributed by atoms with Crippen LogP contribution in [0.1, 0.15) is 44.2 Å². The Bertz CT molecular complexity index is 940. The van der Waals surface area contributed by atoms with Crippen molar-refractivity contribution in [3.63, 3.8) is 0 Å². The van der Waals surface area contributed by atoms with Crippen molar-refractivity contribution < 1.29 is 20.5 Å². The van der Waals surface area contributed by atoms with Crippen LogP contribution in [0.4, 0.5) is 0 Å². The van der Waals surface area contributed by atoms with E-state index in [0.29, 0.717) is 18.2 Å². The first-order valence-corrected chi connectivity index (χ1v) is 11.2. The maximum absolute atomic E-state index is 13.3. The Morgan fingerprint density at radius 1 is 1.03 bits per heavy atom. The zero-order valence-electron chi connectivity index (χ0n) is 20.6. The van der Waals surface area contributed by atoms with Crippen LogP contribution in [-0.2, 0) is 32.0 Å². The highest BCUT2D eigenvalue weighted by Gasteiger charge is 2.38. The van der Waals surface area contributed by atoms with E-state index in [1.165, 1.54) is 7.11 Å². The molecule has 0 aliphatic heterocycles. The summed E-state index contributed by atoms with van der Waals surface area (Å²) in [6.45, 7) is 3.70. The minimum Gasteiger partial charge on any atom is -0.467 e. The summed E-state index contributed by atoms with van der Waals surface area (Å²) in [6, 6.07) is 17.9. The van der Waals surface area contributed by atoms with Crippen LogP contribution in [0.15, 0.2) is 60.7 Å². The molecule has 0 fully saturated rings. The molecule has 0 aromatic heterocycles. The summed E-state index contributed by atoms with van der Waals surface area (Å²) in [4.78, 5) is 38.5. The third-order valence-corrected chi connectivity index (χ3v) is 5.21. The van der Waals surface area contributed by atoms with Gasteiger partial charge in [0.15, 0.2) is 7.07 Å². The molecule has 2 aromatic rings. The lowest BCUT2D eigenvalue weighted by molar-refractivity contribution is -0.146. The SMILES string of the molecule is [2H]N(C(=O)CCCc1ccccc1)[C@](N)(CC(C)C)C(=O)N[C@@H](Cc1ccccc1)C(=O)OC. The standard InChI is InChI=1S/C26H35N3O4/c1-19(2)18-26(27,29-23(30)16-10-15-20-11-6-4-7-12-20)25(32)28-22(24(31)33-3)17-21-13-8-5-9-14-21/h4-9,11-14,19,22H,10,15-18,27H2,1-3H3,(H,28,32)(H,29,30)/t22-,26+/m0/s1/i/hD. The second-order valence-corrected chi connectivity index (χ2v) is 8.61. The van der Waals surface area contributed by atoms with E-state index in [0.717, 1.165) is 11.1 Å². The Balaban J connectivity index is 2.13. The Hall–Kier alpha value is -3.19. The Morgan fingerprint density at radius 2 is 1.61 bits per heavy atom. The predicted octanol–water partition coefficient (Wildman–Crippen LogP) is 2.73. The summed E-state index contributed by atoms with van der Waals surface area (Å²) >= 11 is 0. The fourth-order valence-electron chi connectivity index (χ4n) is 3.65. The van der Waals surface area contributed by atoms with Gasteiger partial charge in [0.1, 0.15) is 6.04 Å². The third kappa shape index (κ3) is 8.69. The smallest absolute Gasteiger partial charge is 0.328 e. The number of benzene rings is 2. The predicted molar refractivity (Wildman–Crippen MR) is 128 cm³/mol. The average molecular weight is 455 g/mol. The molecule has 0 aliphatic carbocycles. The molecule has 0 saturated heterocycles. The molecule has 4 N–H and O–H groups in total. The van der Waals surface area contributed by atoms with Crippen molar-refractivity contribution in [3.8, 4) is 0 Å². The van der Waals surface area contributed by atoms with Crippen molar-refractivity contribution in [2.24, 2.45) is 11.7 Å². The lowest BCUT2D eigenvalue weighted by Crippen LogP contribution is -2.67. The first kappa shape index (κ1) is 24.5. The van der Waals surface area contributed by atoms with E-state index >= 15 is 0 Å². The molecular formula is C26H35N3O4. The van der Waals surface area contributed by atoms with Gasteiger partial charge in [0.25, 0.3) is 5.91 Å². The summed E-state index contributed by atoms with van der Waals surface area (Å²) in [5.74, 6) is -2.02. The van der Waals surface area contributed by atoms with Gasteiger partial charge >= 0.3 is 5.97 Å². The number of carbonyl (C=O) groups excluding carboxylic acids is 3. The molecule has 2 atom stereocenters. The van der Waals surface area contributed by atoms with E-state index in [2.05, 4.69) is 5.32 Å². The second kappa shape index (κ2) is 12.7. The molecule has 178 valence electrons. The number of nitrogens with one attached hydrogen (secondary N) is 2. The average Bonchev–Trinajstić information content (AvgIpc) is 2.83. The third-order valence-electron chi connectivity index (χ3n) is 5.21. The molecule has 0 spiro atoms. The molecule has 7 heteroatoms. The number of methoxy groups -OCH3 is 1. The fourth-order valence-corrected chi connectivity index (χ4v) is 3.65. The van der Waals surface area contributed by atoms with Gasteiger partial charge in [0.05, 0.1) is 7.11 Å². The van der Waals surface area contributed by atoms with Gasteiger partial charge in [0, 0.05) is 12.8 Å². The van der Waals surface area contributed by atoms with Crippen LogP contribution < -0.4 is 16.4 Å². The van der Waals surface area contributed by atoms with E-state index in [1.54, 1.807) is 0 Å². The van der Waals surface area contributed by atoms with Crippen molar-refractivity contribution in [1.82, 2.24) is 10.6 Å². The highest BCUT2D eigenvalue weighted by atomic mass is 16.5. The molecule has 33 heavy (non-hydrogen) atoms. The number of carbonyl (C=O) groups is 3. The highest BCUT2D eigenvalue weighted by Crippen LogP contribution is 2.15. The lowest BCUT2D eigenvalue weighted by atomic mass is 9.95.